The average molecular weight is 431 g/mol. The van der Waals surface area contributed by atoms with Gasteiger partial charge in [-0.2, -0.15) is 4.52 Å². The van der Waals surface area contributed by atoms with Crippen molar-refractivity contribution in [2.24, 2.45) is 23.2 Å². The van der Waals surface area contributed by atoms with E-state index in [9.17, 15) is 4.79 Å². The van der Waals surface area contributed by atoms with Crippen molar-refractivity contribution in [2.75, 3.05) is 31.1 Å². The molecule has 32 heavy (non-hydrogen) atoms. The van der Waals surface area contributed by atoms with Gasteiger partial charge < -0.3 is 9.80 Å². The number of nitrogens with zero attached hydrogens (tertiary/aromatic N) is 6. The second-order valence-electron chi connectivity index (χ2n) is 10.8. The quantitative estimate of drug-likeness (QED) is 0.623. The molecule has 1 saturated heterocycles. The molecule has 8 rings (SSSR count). The minimum Gasteiger partial charge on any atom is -0.339 e. The fourth-order valence-electron chi connectivity index (χ4n) is 7.67. The first-order valence-corrected chi connectivity index (χ1v) is 12.2. The molecule has 166 valence electrons. The van der Waals surface area contributed by atoms with Gasteiger partial charge in [0, 0.05) is 31.6 Å². The highest BCUT2D eigenvalue weighted by atomic mass is 16.2. The predicted octanol–water partition coefficient (Wildman–Crippen LogP) is 3.45. The average Bonchev–Trinajstić information content (AvgIpc) is 3.19. The molecule has 5 fully saturated rings. The standard InChI is InChI=1S/C25H30N6O/c1-16-26-22-20-4-2-3-5-21(20)27-24(31(22)28-16)30-8-6-29(7-9-30)23(32)25-13-17-10-18(14-25)12-19(11-17)15-25/h2-5,17-19H,6-15H2,1H3. The molecule has 0 unspecified atom stereocenters. The van der Waals surface area contributed by atoms with E-state index in [4.69, 9.17) is 4.98 Å². The number of carbonyl (C=O) groups excluding carboxylic acids is 1. The monoisotopic (exact) mass is 430 g/mol. The zero-order chi connectivity index (χ0) is 21.4. The Labute approximate surface area is 187 Å². The number of benzene rings is 1. The lowest BCUT2D eigenvalue weighted by Crippen LogP contribution is -2.58. The van der Waals surface area contributed by atoms with Crippen LogP contribution in [0.4, 0.5) is 5.95 Å². The van der Waals surface area contributed by atoms with Crippen LogP contribution in [0.1, 0.15) is 44.3 Å². The second-order valence-corrected chi connectivity index (χ2v) is 10.8. The van der Waals surface area contributed by atoms with E-state index in [0.717, 1.165) is 91.5 Å². The minimum absolute atomic E-state index is 0.0472. The molecule has 0 N–H and O–H groups in total. The van der Waals surface area contributed by atoms with Gasteiger partial charge in [-0.3, -0.25) is 4.79 Å². The number of carbonyl (C=O) groups is 1. The molecule has 0 spiro atoms. The number of hydrogen-bond acceptors (Lipinski definition) is 5. The van der Waals surface area contributed by atoms with Gasteiger partial charge in [0.2, 0.25) is 11.9 Å². The molecule has 0 atom stereocenters. The molecule has 7 nitrogen and oxygen atoms in total. The Morgan fingerprint density at radius 3 is 2.28 bits per heavy atom. The Morgan fingerprint density at radius 1 is 0.938 bits per heavy atom. The van der Waals surface area contributed by atoms with Gasteiger partial charge in [0.05, 0.1) is 10.9 Å². The van der Waals surface area contributed by atoms with Crippen LogP contribution < -0.4 is 4.90 Å². The number of amides is 1. The molecule has 4 saturated carbocycles. The van der Waals surface area contributed by atoms with Crippen LogP contribution in [0.25, 0.3) is 16.6 Å². The van der Waals surface area contributed by atoms with Crippen LogP contribution in [0.2, 0.25) is 0 Å². The molecular formula is C25H30N6O. The van der Waals surface area contributed by atoms with Crippen molar-refractivity contribution < 1.29 is 4.79 Å². The van der Waals surface area contributed by atoms with Crippen LogP contribution in [0.15, 0.2) is 24.3 Å². The fourth-order valence-corrected chi connectivity index (χ4v) is 7.67. The van der Waals surface area contributed by atoms with Crippen LogP contribution in [-0.2, 0) is 4.79 Å². The van der Waals surface area contributed by atoms with Crippen LogP contribution >= 0.6 is 0 Å². The van der Waals surface area contributed by atoms with E-state index in [1.165, 1.54) is 19.3 Å². The van der Waals surface area contributed by atoms with Gasteiger partial charge in [0.1, 0.15) is 5.82 Å². The minimum atomic E-state index is -0.0472. The van der Waals surface area contributed by atoms with Crippen molar-refractivity contribution in [1.29, 1.82) is 0 Å². The van der Waals surface area contributed by atoms with Crippen LogP contribution in [0, 0.1) is 30.1 Å². The number of piperazine rings is 1. The lowest BCUT2D eigenvalue weighted by atomic mass is 9.49. The number of aromatic nitrogens is 4. The molecule has 2 aromatic heterocycles. The molecule has 1 aliphatic heterocycles. The first kappa shape index (κ1) is 18.8. The van der Waals surface area contributed by atoms with Crippen molar-refractivity contribution in [3.05, 3.63) is 30.1 Å². The topological polar surface area (TPSA) is 66.6 Å². The van der Waals surface area contributed by atoms with Crippen molar-refractivity contribution >= 4 is 28.4 Å². The largest absolute Gasteiger partial charge is 0.339 e. The maximum absolute atomic E-state index is 13.7. The van der Waals surface area contributed by atoms with Crippen LogP contribution in [-0.4, -0.2) is 56.6 Å². The van der Waals surface area contributed by atoms with E-state index in [-0.39, 0.29) is 5.41 Å². The summed E-state index contributed by atoms with van der Waals surface area (Å²) in [6.45, 7) is 5.04. The third-order valence-corrected chi connectivity index (χ3v) is 8.61. The maximum Gasteiger partial charge on any atom is 0.229 e. The number of fused-ring (bicyclic) bond motifs is 3. The summed E-state index contributed by atoms with van der Waals surface area (Å²) >= 11 is 0. The summed E-state index contributed by atoms with van der Waals surface area (Å²) in [5.74, 6) is 4.44. The number of para-hydroxylation sites is 1. The summed E-state index contributed by atoms with van der Waals surface area (Å²) < 4.78 is 1.88. The third kappa shape index (κ3) is 2.72. The van der Waals surface area contributed by atoms with Crippen LogP contribution in [0.3, 0.4) is 0 Å². The van der Waals surface area contributed by atoms with E-state index >= 15 is 0 Å². The Balaban J connectivity index is 1.15. The Bertz CT molecular complexity index is 1190. The lowest BCUT2D eigenvalue weighted by molar-refractivity contribution is -0.158. The van der Waals surface area contributed by atoms with Gasteiger partial charge in [-0.15, -0.1) is 5.10 Å². The third-order valence-electron chi connectivity index (χ3n) is 8.61. The Morgan fingerprint density at radius 2 is 1.59 bits per heavy atom. The maximum atomic E-state index is 13.7. The zero-order valence-corrected chi connectivity index (χ0v) is 18.7. The lowest BCUT2D eigenvalue weighted by Gasteiger charge is -2.57. The highest BCUT2D eigenvalue weighted by molar-refractivity contribution is 5.92. The van der Waals surface area contributed by atoms with E-state index in [1.54, 1.807) is 0 Å². The molecule has 4 bridgehead atoms. The summed E-state index contributed by atoms with van der Waals surface area (Å²) in [5.41, 5.74) is 1.75. The SMILES string of the molecule is Cc1nc2c3ccccc3nc(N3CCN(C(=O)C45CC6CC(CC(C6)C4)C5)CC3)n2n1. The van der Waals surface area contributed by atoms with Gasteiger partial charge in [-0.1, -0.05) is 12.1 Å². The van der Waals surface area contributed by atoms with Crippen LogP contribution in [0.5, 0.6) is 0 Å². The number of aryl methyl sites for hydroxylation is 1. The summed E-state index contributed by atoms with van der Waals surface area (Å²) in [7, 11) is 0. The van der Waals surface area contributed by atoms with Gasteiger partial charge in [0.15, 0.2) is 5.65 Å². The van der Waals surface area contributed by atoms with E-state index in [2.05, 4.69) is 25.9 Å². The molecule has 1 aromatic carbocycles. The molecule has 7 heteroatoms. The molecule has 3 aromatic rings. The molecule has 5 aliphatic rings. The van der Waals surface area contributed by atoms with E-state index in [1.807, 2.05) is 29.6 Å². The van der Waals surface area contributed by atoms with E-state index in [0.29, 0.717) is 5.91 Å². The van der Waals surface area contributed by atoms with Gasteiger partial charge >= 0.3 is 0 Å². The second kappa shape index (κ2) is 6.65. The summed E-state index contributed by atoms with van der Waals surface area (Å²) in [4.78, 5) is 27.8. The first-order chi connectivity index (χ1) is 15.6. The highest BCUT2D eigenvalue weighted by Gasteiger charge is 2.55. The van der Waals surface area contributed by atoms with Crippen molar-refractivity contribution in [1.82, 2.24) is 24.5 Å². The molecular weight excluding hydrogens is 400 g/mol. The van der Waals surface area contributed by atoms with Gasteiger partial charge in [0.25, 0.3) is 0 Å². The summed E-state index contributed by atoms with van der Waals surface area (Å²) in [6.07, 6.45) is 7.55. The Hall–Kier alpha value is -2.70. The van der Waals surface area contributed by atoms with E-state index < -0.39 is 0 Å². The number of hydrogen-bond donors (Lipinski definition) is 0. The summed E-state index contributed by atoms with van der Waals surface area (Å²) in [6, 6.07) is 8.12. The zero-order valence-electron chi connectivity index (χ0n) is 18.7. The number of anilines is 1. The summed E-state index contributed by atoms with van der Waals surface area (Å²) in [5, 5.41) is 5.66. The van der Waals surface area contributed by atoms with Gasteiger partial charge in [-0.25, -0.2) is 9.97 Å². The van der Waals surface area contributed by atoms with Crippen molar-refractivity contribution in [3.8, 4) is 0 Å². The molecule has 3 heterocycles. The first-order valence-electron chi connectivity index (χ1n) is 12.2. The van der Waals surface area contributed by atoms with Crippen molar-refractivity contribution in [2.45, 2.75) is 45.4 Å². The fraction of sp³-hybridized carbons (Fsp3) is 0.600. The molecule has 0 radical (unpaired) electrons. The molecule has 4 aliphatic carbocycles. The molecule has 1 amide bonds. The van der Waals surface area contributed by atoms with Crippen molar-refractivity contribution in [3.63, 3.8) is 0 Å². The smallest absolute Gasteiger partial charge is 0.229 e. The predicted molar refractivity (Wildman–Crippen MR) is 122 cm³/mol. The normalized spacial score (nSPS) is 31.7. The highest BCUT2D eigenvalue weighted by Crippen LogP contribution is 2.60. The Kier molecular flexibility index (Phi) is 3.92. The van der Waals surface area contributed by atoms with Gasteiger partial charge in [-0.05, 0) is 75.3 Å². The number of rotatable bonds is 2.